The van der Waals surface area contributed by atoms with Crippen molar-refractivity contribution >= 4 is 12.2 Å². The van der Waals surface area contributed by atoms with E-state index in [1.54, 1.807) is 4.90 Å². The molecule has 102 valence electrons. The number of nitrogens with two attached hydrogens (primary N) is 1. The van der Waals surface area contributed by atoms with Gasteiger partial charge in [-0.1, -0.05) is 0 Å². The van der Waals surface area contributed by atoms with Crippen LogP contribution in [0.4, 0.5) is 0 Å². The predicted octanol–water partition coefficient (Wildman–Crippen LogP) is -1.71. The predicted molar refractivity (Wildman–Crippen MR) is 61.6 cm³/mol. The van der Waals surface area contributed by atoms with Crippen LogP contribution in [0.5, 0.6) is 0 Å². The SMILES string of the molecule is NC1=C2C(N=CN2[C@H]2C[C@H](O)[C@@H](CO)O2)C(=O)N=N1. The fourth-order valence-corrected chi connectivity index (χ4v) is 2.35. The molecule has 0 spiro atoms. The first-order valence-electron chi connectivity index (χ1n) is 5.83. The molecule has 1 amide bonds. The lowest BCUT2D eigenvalue weighted by molar-refractivity contribution is -0.119. The maximum atomic E-state index is 11.5. The Morgan fingerprint density at radius 3 is 3.00 bits per heavy atom. The normalized spacial score (nSPS) is 37.4. The van der Waals surface area contributed by atoms with Gasteiger partial charge in [0, 0.05) is 6.42 Å². The van der Waals surface area contributed by atoms with E-state index in [1.807, 2.05) is 0 Å². The lowest BCUT2D eigenvalue weighted by atomic mass is 10.1. The number of nitrogens with zero attached hydrogens (tertiary/aromatic N) is 4. The van der Waals surface area contributed by atoms with Crippen molar-refractivity contribution in [2.24, 2.45) is 21.0 Å². The Kier molecular flexibility index (Phi) is 2.81. The van der Waals surface area contributed by atoms with Crippen LogP contribution >= 0.6 is 0 Å². The van der Waals surface area contributed by atoms with Gasteiger partial charge in [-0.2, -0.15) is 0 Å². The van der Waals surface area contributed by atoms with Gasteiger partial charge >= 0.3 is 0 Å². The summed E-state index contributed by atoms with van der Waals surface area (Å²) in [6, 6.07) is -0.786. The number of carbonyl (C=O) groups is 1. The zero-order valence-electron chi connectivity index (χ0n) is 9.88. The van der Waals surface area contributed by atoms with Crippen molar-refractivity contribution in [3.63, 3.8) is 0 Å². The number of hydrogen-bond donors (Lipinski definition) is 3. The number of fused-ring (bicyclic) bond motifs is 1. The molecule has 0 saturated carbocycles. The molecular weight excluding hydrogens is 254 g/mol. The molecular formula is C10H13N5O4. The fraction of sp³-hybridized carbons (Fsp3) is 0.600. The third-order valence-electron chi connectivity index (χ3n) is 3.32. The molecule has 0 aromatic heterocycles. The highest BCUT2D eigenvalue weighted by atomic mass is 16.5. The summed E-state index contributed by atoms with van der Waals surface area (Å²) < 4.78 is 5.50. The molecule has 1 fully saturated rings. The molecule has 0 aromatic rings. The van der Waals surface area contributed by atoms with E-state index in [0.29, 0.717) is 5.70 Å². The van der Waals surface area contributed by atoms with Crippen LogP contribution < -0.4 is 5.73 Å². The highest BCUT2D eigenvalue weighted by molar-refractivity contribution is 5.90. The number of rotatable bonds is 2. The van der Waals surface area contributed by atoms with E-state index >= 15 is 0 Å². The minimum absolute atomic E-state index is 0.104. The molecule has 0 radical (unpaired) electrons. The average molecular weight is 267 g/mol. The van der Waals surface area contributed by atoms with Gasteiger partial charge in [0.15, 0.2) is 11.9 Å². The quantitative estimate of drug-likeness (QED) is 0.545. The maximum Gasteiger partial charge on any atom is 0.295 e. The van der Waals surface area contributed by atoms with Gasteiger partial charge in [-0.25, -0.2) is 0 Å². The number of aliphatic imine (C=N–C) groups is 1. The van der Waals surface area contributed by atoms with Crippen molar-refractivity contribution in [1.82, 2.24) is 4.90 Å². The van der Waals surface area contributed by atoms with Crippen LogP contribution in [-0.4, -0.2) is 58.4 Å². The Balaban J connectivity index is 1.86. The minimum Gasteiger partial charge on any atom is -0.394 e. The highest BCUT2D eigenvalue weighted by Gasteiger charge is 2.44. The van der Waals surface area contributed by atoms with Crippen molar-refractivity contribution < 1.29 is 19.7 Å². The van der Waals surface area contributed by atoms with Crippen LogP contribution in [0.2, 0.25) is 0 Å². The van der Waals surface area contributed by atoms with Gasteiger partial charge in [0.1, 0.15) is 18.0 Å². The summed E-state index contributed by atoms with van der Waals surface area (Å²) in [7, 11) is 0. The Bertz CT molecular complexity index is 502. The molecule has 0 aliphatic carbocycles. The van der Waals surface area contributed by atoms with E-state index in [0.717, 1.165) is 0 Å². The second kappa shape index (κ2) is 4.37. The van der Waals surface area contributed by atoms with Gasteiger partial charge in [-0.05, 0) is 0 Å². The number of aliphatic hydroxyl groups is 2. The number of azo groups is 1. The monoisotopic (exact) mass is 267 g/mol. The molecule has 9 nitrogen and oxygen atoms in total. The Morgan fingerprint density at radius 1 is 1.53 bits per heavy atom. The number of aliphatic hydroxyl groups excluding tert-OH is 2. The number of hydrogen-bond acceptors (Lipinski definition) is 8. The lowest BCUT2D eigenvalue weighted by Crippen LogP contribution is -2.37. The van der Waals surface area contributed by atoms with E-state index in [9.17, 15) is 9.90 Å². The van der Waals surface area contributed by atoms with Crippen molar-refractivity contribution in [2.45, 2.75) is 30.9 Å². The molecule has 1 saturated heterocycles. The van der Waals surface area contributed by atoms with E-state index in [2.05, 4.69) is 15.2 Å². The fourth-order valence-electron chi connectivity index (χ4n) is 2.35. The summed E-state index contributed by atoms with van der Waals surface area (Å²) in [4.78, 5) is 17.1. The summed E-state index contributed by atoms with van der Waals surface area (Å²) in [5.41, 5.74) is 6.13. The molecule has 3 rings (SSSR count). The second-order valence-corrected chi connectivity index (χ2v) is 4.50. The molecule has 3 aliphatic heterocycles. The van der Waals surface area contributed by atoms with Gasteiger partial charge in [-0.15, -0.1) is 10.2 Å². The van der Waals surface area contributed by atoms with Gasteiger partial charge in [0.2, 0.25) is 0 Å². The third kappa shape index (κ3) is 1.82. The summed E-state index contributed by atoms with van der Waals surface area (Å²) >= 11 is 0. The first kappa shape index (κ1) is 12.2. The molecule has 1 unspecified atom stereocenters. The maximum absolute atomic E-state index is 11.5. The molecule has 3 aliphatic rings. The van der Waals surface area contributed by atoms with Gasteiger partial charge < -0.3 is 25.6 Å². The number of carbonyl (C=O) groups excluding carboxylic acids is 1. The smallest absolute Gasteiger partial charge is 0.295 e. The van der Waals surface area contributed by atoms with Crippen LogP contribution in [0.15, 0.2) is 26.7 Å². The minimum atomic E-state index is -0.786. The third-order valence-corrected chi connectivity index (χ3v) is 3.32. The zero-order valence-corrected chi connectivity index (χ0v) is 9.88. The molecule has 3 heterocycles. The largest absolute Gasteiger partial charge is 0.394 e. The van der Waals surface area contributed by atoms with Crippen LogP contribution in [-0.2, 0) is 9.53 Å². The molecule has 0 aromatic carbocycles. The Morgan fingerprint density at radius 2 is 2.32 bits per heavy atom. The van der Waals surface area contributed by atoms with Gasteiger partial charge in [0.25, 0.3) is 5.91 Å². The van der Waals surface area contributed by atoms with E-state index in [4.69, 9.17) is 15.6 Å². The van der Waals surface area contributed by atoms with Crippen LogP contribution in [0.3, 0.4) is 0 Å². The molecule has 4 atom stereocenters. The zero-order chi connectivity index (χ0) is 13.6. The van der Waals surface area contributed by atoms with Crippen LogP contribution in [0.25, 0.3) is 0 Å². The number of ether oxygens (including phenoxy) is 1. The first-order valence-corrected chi connectivity index (χ1v) is 5.83. The van der Waals surface area contributed by atoms with E-state index in [1.165, 1.54) is 6.34 Å². The van der Waals surface area contributed by atoms with Crippen molar-refractivity contribution in [2.75, 3.05) is 6.61 Å². The summed E-state index contributed by atoms with van der Waals surface area (Å²) in [5.74, 6) is -0.382. The van der Waals surface area contributed by atoms with E-state index in [-0.39, 0.29) is 18.8 Å². The van der Waals surface area contributed by atoms with Crippen molar-refractivity contribution in [3.8, 4) is 0 Å². The average Bonchev–Trinajstić information content (AvgIpc) is 2.97. The van der Waals surface area contributed by atoms with Gasteiger partial charge in [-0.3, -0.25) is 9.79 Å². The van der Waals surface area contributed by atoms with Crippen LogP contribution in [0.1, 0.15) is 6.42 Å². The Hall–Kier alpha value is -1.84. The second-order valence-electron chi connectivity index (χ2n) is 4.50. The molecule has 19 heavy (non-hydrogen) atoms. The topological polar surface area (TPSA) is 133 Å². The first-order chi connectivity index (χ1) is 9.11. The highest BCUT2D eigenvalue weighted by Crippen LogP contribution is 2.32. The van der Waals surface area contributed by atoms with Crippen molar-refractivity contribution in [1.29, 1.82) is 0 Å². The number of amides is 1. The van der Waals surface area contributed by atoms with Crippen LogP contribution in [0, 0.1) is 0 Å². The molecule has 0 bridgehead atoms. The Labute approximate surface area is 108 Å². The van der Waals surface area contributed by atoms with E-state index < -0.39 is 30.4 Å². The summed E-state index contributed by atoms with van der Waals surface area (Å²) in [5, 5.41) is 25.8. The lowest BCUT2D eigenvalue weighted by Gasteiger charge is -2.26. The molecule has 4 N–H and O–H groups in total. The molecule has 9 heteroatoms. The van der Waals surface area contributed by atoms with Gasteiger partial charge in [0.05, 0.1) is 19.0 Å². The standard InChI is InChI=1S/C10H13N5O4/c11-9-8-7(10(18)14-13-9)12-3-15(8)6-1-4(17)5(2-16)19-6/h3-7,16-17H,1-2,11H2/t4-,5+,6+,7?/m0/s1. The summed E-state index contributed by atoms with van der Waals surface area (Å²) in [6.45, 7) is -0.279. The summed E-state index contributed by atoms with van der Waals surface area (Å²) in [6.07, 6.45) is -0.245. The van der Waals surface area contributed by atoms with Crippen molar-refractivity contribution in [3.05, 3.63) is 11.5 Å².